The number of hydrogen-bond donors (Lipinski definition) is 1. The van der Waals surface area contributed by atoms with Crippen LogP contribution in [0, 0.1) is 0 Å². The smallest absolute Gasteiger partial charge is 0.125 e. The Kier molecular flexibility index (Phi) is 4.70. The van der Waals surface area contributed by atoms with Gasteiger partial charge in [0.2, 0.25) is 0 Å². The van der Waals surface area contributed by atoms with Gasteiger partial charge in [0.1, 0.15) is 5.76 Å². The van der Waals surface area contributed by atoms with Gasteiger partial charge >= 0.3 is 0 Å². The molecule has 3 rings (SSSR count). The first-order valence-corrected chi connectivity index (χ1v) is 7.47. The second kappa shape index (κ2) is 6.89. The second-order valence-electron chi connectivity index (χ2n) is 5.37. The molecular weight excluding hydrogens is 264 g/mol. The number of rotatable bonds is 5. The Labute approximate surface area is 125 Å². The highest BCUT2D eigenvalue weighted by atomic mass is 16.5. The van der Waals surface area contributed by atoms with Gasteiger partial charge in [0.25, 0.3) is 0 Å². The minimum absolute atomic E-state index is 0.157. The van der Waals surface area contributed by atoms with E-state index in [1.54, 1.807) is 6.26 Å². The van der Waals surface area contributed by atoms with Crippen LogP contribution in [0.3, 0.4) is 0 Å². The van der Waals surface area contributed by atoms with E-state index in [0.29, 0.717) is 0 Å². The van der Waals surface area contributed by atoms with Crippen molar-refractivity contribution < 1.29 is 9.15 Å². The predicted molar refractivity (Wildman–Crippen MR) is 82.2 cm³/mol. The summed E-state index contributed by atoms with van der Waals surface area (Å²) in [5, 5.41) is 3.20. The van der Waals surface area contributed by atoms with Gasteiger partial charge in [-0.1, -0.05) is 30.3 Å². The van der Waals surface area contributed by atoms with Gasteiger partial charge in [0.05, 0.1) is 25.0 Å². The van der Waals surface area contributed by atoms with Gasteiger partial charge in [0, 0.05) is 19.6 Å². The molecule has 0 saturated carbocycles. The molecule has 2 aromatic rings. The maximum Gasteiger partial charge on any atom is 0.125 e. The lowest BCUT2D eigenvalue weighted by Crippen LogP contribution is -2.47. The number of morpholine rings is 1. The van der Waals surface area contributed by atoms with Crippen LogP contribution in [0.4, 0.5) is 0 Å². The van der Waals surface area contributed by atoms with Gasteiger partial charge in [-0.25, -0.2) is 0 Å². The minimum atomic E-state index is 0.157. The van der Waals surface area contributed by atoms with Crippen LogP contribution in [0.1, 0.15) is 17.4 Å². The molecule has 1 aromatic heterocycles. The molecule has 2 unspecified atom stereocenters. The summed E-state index contributed by atoms with van der Waals surface area (Å²) >= 11 is 0. The molecule has 0 radical (unpaired) electrons. The van der Waals surface area contributed by atoms with Gasteiger partial charge in [-0.15, -0.1) is 0 Å². The minimum Gasteiger partial charge on any atom is -0.467 e. The molecule has 21 heavy (non-hydrogen) atoms. The van der Waals surface area contributed by atoms with E-state index in [-0.39, 0.29) is 12.1 Å². The van der Waals surface area contributed by atoms with E-state index >= 15 is 0 Å². The molecule has 4 heteroatoms. The van der Waals surface area contributed by atoms with Crippen LogP contribution >= 0.6 is 0 Å². The molecular formula is C17H22N2O2. The molecule has 0 bridgehead atoms. The number of benzene rings is 1. The monoisotopic (exact) mass is 286 g/mol. The summed E-state index contributed by atoms with van der Waals surface area (Å²) in [6.45, 7) is 3.45. The number of likely N-dealkylation sites (N-methyl/N-ethyl adjacent to an activating group) is 1. The highest BCUT2D eigenvalue weighted by Gasteiger charge is 2.29. The SMILES string of the molecule is CNCC1CN(C(c2ccccc2)c2ccco2)CCO1. The zero-order valence-electron chi connectivity index (χ0n) is 12.4. The second-order valence-corrected chi connectivity index (χ2v) is 5.37. The van der Waals surface area contributed by atoms with Crippen LogP contribution in [0.2, 0.25) is 0 Å². The summed E-state index contributed by atoms with van der Waals surface area (Å²) in [7, 11) is 1.96. The van der Waals surface area contributed by atoms with E-state index in [9.17, 15) is 0 Å². The van der Waals surface area contributed by atoms with Crippen molar-refractivity contribution in [1.29, 1.82) is 0 Å². The molecule has 4 nitrogen and oxygen atoms in total. The highest BCUT2D eigenvalue weighted by molar-refractivity contribution is 5.26. The Bertz CT molecular complexity index is 525. The third-order valence-electron chi connectivity index (χ3n) is 3.90. The Morgan fingerprint density at radius 2 is 2.10 bits per heavy atom. The maximum atomic E-state index is 5.82. The summed E-state index contributed by atoms with van der Waals surface area (Å²) in [5.41, 5.74) is 1.26. The van der Waals surface area contributed by atoms with Gasteiger partial charge in [-0.3, -0.25) is 4.90 Å². The van der Waals surface area contributed by atoms with Crippen molar-refractivity contribution >= 4 is 0 Å². The molecule has 0 amide bonds. The molecule has 1 N–H and O–H groups in total. The molecule has 1 fully saturated rings. The molecule has 1 aliphatic heterocycles. The highest BCUT2D eigenvalue weighted by Crippen LogP contribution is 2.30. The lowest BCUT2D eigenvalue weighted by Gasteiger charge is -2.37. The first kappa shape index (κ1) is 14.3. The first-order valence-electron chi connectivity index (χ1n) is 7.47. The van der Waals surface area contributed by atoms with Crippen molar-refractivity contribution in [2.75, 3.05) is 33.3 Å². The summed E-state index contributed by atoms with van der Waals surface area (Å²) < 4.78 is 11.5. The number of nitrogens with zero attached hydrogens (tertiary/aromatic N) is 1. The normalized spacial score (nSPS) is 21.3. The van der Waals surface area contributed by atoms with E-state index in [4.69, 9.17) is 9.15 Å². The van der Waals surface area contributed by atoms with Crippen LogP contribution < -0.4 is 5.32 Å². The van der Waals surface area contributed by atoms with Crippen molar-refractivity contribution in [2.24, 2.45) is 0 Å². The summed E-state index contributed by atoms with van der Waals surface area (Å²) in [5.74, 6) is 0.992. The van der Waals surface area contributed by atoms with E-state index in [1.807, 2.05) is 19.2 Å². The van der Waals surface area contributed by atoms with Crippen molar-refractivity contribution in [1.82, 2.24) is 10.2 Å². The third-order valence-corrected chi connectivity index (χ3v) is 3.90. The Hall–Kier alpha value is -1.62. The van der Waals surface area contributed by atoms with Gasteiger partial charge < -0.3 is 14.5 Å². The van der Waals surface area contributed by atoms with E-state index in [1.165, 1.54) is 5.56 Å². The Morgan fingerprint density at radius 3 is 2.81 bits per heavy atom. The third kappa shape index (κ3) is 3.35. The van der Waals surface area contributed by atoms with Crippen LogP contribution in [0.15, 0.2) is 53.1 Å². The van der Waals surface area contributed by atoms with Crippen LogP contribution in [-0.4, -0.2) is 44.3 Å². The van der Waals surface area contributed by atoms with Crippen LogP contribution in [-0.2, 0) is 4.74 Å². The lowest BCUT2D eigenvalue weighted by atomic mass is 10.0. The van der Waals surface area contributed by atoms with Crippen molar-refractivity contribution in [2.45, 2.75) is 12.1 Å². The Balaban J connectivity index is 1.85. The van der Waals surface area contributed by atoms with E-state index in [0.717, 1.165) is 32.0 Å². The van der Waals surface area contributed by atoms with Gasteiger partial charge in [-0.05, 0) is 24.7 Å². The van der Waals surface area contributed by atoms with Crippen LogP contribution in [0.5, 0.6) is 0 Å². The zero-order valence-corrected chi connectivity index (χ0v) is 12.4. The molecule has 1 aromatic carbocycles. The number of hydrogen-bond acceptors (Lipinski definition) is 4. The van der Waals surface area contributed by atoms with Crippen molar-refractivity contribution in [3.63, 3.8) is 0 Å². The fourth-order valence-electron chi connectivity index (χ4n) is 2.97. The molecule has 2 heterocycles. The van der Waals surface area contributed by atoms with Crippen LogP contribution in [0.25, 0.3) is 0 Å². The zero-order chi connectivity index (χ0) is 14.5. The summed E-state index contributed by atoms with van der Waals surface area (Å²) in [6.07, 6.45) is 1.97. The molecule has 112 valence electrons. The molecule has 2 atom stereocenters. The number of nitrogens with one attached hydrogen (secondary N) is 1. The number of furan rings is 1. The maximum absolute atomic E-state index is 5.82. The standard InChI is InChI=1S/C17H22N2O2/c1-18-12-15-13-19(9-11-20-15)17(16-8-5-10-21-16)14-6-3-2-4-7-14/h2-8,10,15,17-18H,9,11-13H2,1H3. The van der Waals surface area contributed by atoms with Gasteiger partial charge in [0.15, 0.2) is 0 Å². The summed E-state index contributed by atoms with van der Waals surface area (Å²) in [6, 6.07) is 14.7. The van der Waals surface area contributed by atoms with E-state index < -0.39 is 0 Å². The predicted octanol–water partition coefficient (Wildman–Crippen LogP) is 2.29. The number of ether oxygens (including phenoxy) is 1. The van der Waals surface area contributed by atoms with Crippen molar-refractivity contribution in [3.8, 4) is 0 Å². The molecule has 0 spiro atoms. The fraction of sp³-hybridized carbons (Fsp3) is 0.412. The topological polar surface area (TPSA) is 37.6 Å². The fourth-order valence-corrected chi connectivity index (χ4v) is 2.97. The van der Waals surface area contributed by atoms with Crippen molar-refractivity contribution in [3.05, 3.63) is 60.1 Å². The molecule has 1 aliphatic rings. The Morgan fingerprint density at radius 1 is 1.24 bits per heavy atom. The lowest BCUT2D eigenvalue weighted by molar-refractivity contribution is -0.0387. The first-order chi connectivity index (χ1) is 10.4. The molecule has 1 saturated heterocycles. The summed E-state index contributed by atoms with van der Waals surface area (Å²) in [4.78, 5) is 2.44. The molecule has 0 aliphatic carbocycles. The average Bonchev–Trinajstić information content (AvgIpc) is 3.03. The largest absolute Gasteiger partial charge is 0.467 e. The van der Waals surface area contributed by atoms with Gasteiger partial charge in [-0.2, -0.15) is 0 Å². The average molecular weight is 286 g/mol. The quantitative estimate of drug-likeness (QED) is 0.915. The van der Waals surface area contributed by atoms with E-state index in [2.05, 4.69) is 40.5 Å².